The normalized spacial score (nSPS) is 19.1. The minimum absolute atomic E-state index is 0.213. The van der Waals surface area contributed by atoms with E-state index in [1.54, 1.807) is 18.2 Å². The molecule has 2 N–H and O–H groups in total. The first-order valence-electron chi connectivity index (χ1n) is 10.4. The molecule has 0 saturated heterocycles. The fourth-order valence-electron chi connectivity index (χ4n) is 4.46. The molecule has 148 valence electrons. The van der Waals surface area contributed by atoms with E-state index in [1.165, 1.54) is 36.8 Å². The Kier molecular flexibility index (Phi) is 5.53. The molecule has 1 fully saturated rings. The minimum Gasteiger partial charge on any atom is -0.399 e. The number of allylic oxidation sites excluding steroid dienone is 1. The van der Waals surface area contributed by atoms with Gasteiger partial charge in [0.25, 0.3) is 0 Å². The lowest BCUT2D eigenvalue weighted by Gasteiger charge is -2.29. The maximum Gasteiger partial charge on any atom is 0.131 e. The molecule has 0 atom stereocenters. The Hall–Kier alpha value is -2.87. The predicted octanol–water partition coefficient (Wildman–Crippen LogP) is 7.59. The molecule has 4 rings (SSSR count). The third-order valence-corrected chi connectivity index (χ3v) is 6.33. The van der Waals surface area contributed by atoms with E-state index in [0.29, 0.717) is 23.1 Å². The van der Waals surface area contributed by atoms with Crippen molar-refractivity contribution in [2.45, 2.75) is 38.5 Å². The SMILES string of the molecule is C=C(C)C1CCC(c2ccc(-c3ccc(-c4ccc(N)cc4)c(F)c3)cc2)CC1. The molecule has 0 bridgehead atoms. The van der Waals surface area contributed by atoms with Crippen LogP contribution in [0.3, 0.4) is 0 Å². The monoisotopic (exact) mass is 385 g/mol. The van der Waals surface area contributed by atoms with Gasteiger partial charge < -0.3 is 5.73 Å². The summed E-state index contributed by atoms with van der Waals surface area (Å²) >= 11 is 0. The van der Waals surface area contributed by atoms with Gasteiger partial charge in [-0.15, -0.1) is 0 Å². The van der Waals surface area contributed by atoms with Crippen LogP contribution in [0.5, 0.6) is 0 Å². The van der Waals surface area contributed by atoms with Crippen molar-refractivity contribution in [1.29, 1.82) is 0 Å². The molecule has 1 aliphatic rings. The highest BCUT2D eigenvalue weighted by Crippen LogP contribution is 2.38. The van der Waals surface area contributed by atoms with Crippen LogP contribution >= 0.6 is 0 Å². The number of rotatable bonds is 4. The largest absolute Gasteiger partial charge is 0.399 e. The van der Waals surface area contributed by atoms with Crippen molar-refractivity contribution in [3.8, 4) is 22.3 Å². The number of nitrogen functional groups attached to an aromatic ring is 1. The van der Waals surface area contributed by atoms with Gasteiger partial charge in [0.05, 0.1) is 0 Å². The first-order valence-corrected chi connectivity index (χ1v) is 10.4. The van der Waals surface area contributed by atoms with Crippen LogP contribution in [0.15, 0.2) is 78.9 Å². The maximum absolute atomic E-state index is 14.8. The molecule has 0 spiro atoms. The zero-order valence-corrected chi connectivity index (χ0v) is 17.0. The lowest BCUT2D eigenvalue weighted by atomic mass is 9.76. The minimum atomic E-state index is -0.213. The highest BCUT2D eigenvalue weighted by atomic mass is 19.1. The zero-order chi connectivity index (χ0) is 20.4. The summed E-state index contributed by atoms with van der Waals surface area (Å²) in [5.41, 5.74) is 12.5. The van der Waals surface area contributed by atoms with Crippen LogP contribution in [0.25, 0.3) is 22.3 Å². The van der Waals surface area contributed by atoms with Gasteiger partial charge in [0.1, 0.15) is 5.82 Å². The predicted molar refractivity (Wildman–Crippen MR) is 121 cm³/mol. The van der Waals surface area contributed by atoms with E-state index < -0.39 is 0 Å². The highest BCUT2D eigenvalue weighted by molar-refractivity contribution is 5.72. The number of benzene rings is 3. The van der Waals surface area contributed by atoms with Gasteiger partial charge in [-0.2, -0.15) is 0 Å². The summed E-state index contributed by atoms with van der Waals surface area (Å²) in [7, 11) is 0. The average Bonchev–Trinajstić information content (AvgIpc) is 2.75. The van der Waals surface area contributed by atoms with Gasteiger partial charge in [-0.05, 0) is 84.9 Å². The summed E-state index contributed by atoms with van der Waals surface area (Å²) in [6.45, 7) is 6.27. The van der Waals surface area contributed by atoms with Crippen LogP contribution in [-0.2, 0) is 0 Å². The molecule has 2 heteroatoms. The van der Waals surface area contributed by atoms with Crippen molar-refractivity contribution in [3.05, 3.63) is 90.3 Å². The molecule has 0 aliphatic heterocycles. The van der Waals surface area contributed by atoms with Gasteiger partial charge in [-0.25, -0.2) is 4.39 Å². The Morgan fingerprint density at radius 2 is 1.41 bits per heavy atom. The Bertz CT molecular complexity index is 994. The second-order valence-corrected chi connectivity index (χ2v) is 8.33. The average molecular weight is 386 g/mol. The molecule has 1 saturated carbocycles. The molecule has 29 heavy (non-hydrogen) atoms. The first-order chi connectivity index (χ1) is 14.0. The van der Waals surface area contributed by atoms with E-state index in [1.807, 2.05) is 24.3 Å². The van der Waals surface area contributed by atoms with Crippen molar-refractivity contribution < 1.29 is 4.39 Å². The summed E-state index contributed by atoms with van der Waals surface area (Å²) in [5, 5.41) is 0. The highest BCUT2D eigenvalue weighted by Gasteiger charge is 2.22. The van der Waals surface area contributed by atoms with Crippen molar-refractivity contribution in [1.82, 2.24) is 0 Å². The van der Waals surface area contributed by atoms with Gasteiger partial charge in [0.15, 0.2) is 0 Å². The number of anilines is 1. The van der Waals surface area contributed by atoms with Crippen LogP contribution in [0, 0.1) is 11.7 Å². The summed E-state index contributed by atoms with van der Waals surface area (Å²) < 4.78 is 14.8. The summed E-state index contributed by atoms with van der Waals surface area (Å²) in [6, 6.07) is 21.4. The molecule has 1 nitrogen and oxygen atoms in total. The molecule has 0 radical (unpaired) electrons. The topological polar surface area (TPSA) is 26.0 Å². The Balaban J connectivity index is 1.50. The van der Waals surface area contributed by atoms with E-state index in [4.69, 9.17) is 5.73 Å². The van der Waals surface area contributed by atoms with Crippen LogP contribution in [0.2, 0.25) is 0 Å². The van der Waals surface area contributed by atoms with Gasteiger partial charge in [0.2, 0.25) is 0 Å². The van der Waals surface area contributed by atoms with E-state index in [-0.39, 0.29) is 5.82 Å². The van der Waals surface area contributed by atoms with E-state index in [0.717, 1.165) is 16.7 Å². The van der Waals surface area contributed by atoms with E-state index in [9.17, 15) is 4.39 Å². The zero-order valence-electron chi connectivity index (χ0n) is 17.0. The smallest absolute Gasteiger partial charge is 0.131 e. The lowest BCUT2D eigenvalue weighted by Crippen LogP contribution is -2.13. The number of nitrogens with two attached hydrogens (primary N) is 1. The molecular weight excluding hydrogens is 357 g/mol. The van der Waals surface area contributed by atoms with Gasteiger partial charge in [-0.1, -0.05) is 60.7 Å². The lowest BCUT2D eigenvalue weighted by molar-refractivity contribution is 0.363. The molecule has 3 aromatic rings. The molecule has 1 aliphatic carbocycles. The second kappa shape index (κ2) is 8.24. The van der Waals surface area contributed by atoms with Crippen molar-refractivity contribution in [3.63, 3.8) is 0 Å². The molecule has 0 heterocycles. The van der Waals surface area contributed by atoms with E-state index >= 15 is 0 Å². The summed E-state index contributed by atoms with van der Waals surface area (Å²) in [4.78, 5) is 0. The Morgan fingerprint density at radius 1 is 0.828 bits per heavy atom. The van der Waals surface area contributed by atoms with Gasteiger partial charge in [0, 0.05) is 11.3 Å². The summed E-state index contributed by atoms with van der Waals surface area (Å²) in [6.07, 6.45) is 4.92. The second-order valence-electron chi connectivity index (χ2n) is 8.33. The van der Waals surface area contributed by atoms with Gasteiger partial charge in [-0.3, -0.25) is 0 Å². The van der Waals surface area contributed by atoms with Crippen LogP contribution in [0.1, 0.15) is 44.1 Å². The standard InChI is InChI=1S/C27H28FN/c1-18(2)19-3-5-20(6-4-19)21-7-9-22(10-8-21)24-13-16-26(27(28)17-24)23-11-14-25(29)15-12-23/h7-17,19-20H,1,3-6,29H2,2H3. The van der Waals surface area contributed by atoms with Gasteiger partial charge >= 0.3 is 0 Å². The van der Waals surface area contributed by atoms with Crippen LogP contribution in [0.4, 0.5) is 10.1 Å². The van der Waals surface area contributed by atoms with Crippen molar-refractivity contribution in [2.75, 3.05) is 5.73 Å². The molecular formula is C27H28FN. The van der Waals surface area contributed by atoms with Crippen molar-refractivity contribution >= 4 is 5.69 Å². The van der Waals surface area contributed by atoms with Crippen LogP contribution in [-0.4, -0.2) is 0 Å². The third-order valence-electron chi connectivity index (χ3n) is 6.33. The number of hydrogen-bond donors (Lipinski definition) is 1. The number of hydrogen-bond acceptors (Lipinski definition) is 1. The van der Waals surface area contributed by atoms with E-state index in [2.05, 4.69) is 37.8 Å². The molecule has 3 aromatic carbocycles. The third kappa shape index (κ3) is 4.27. The Morgan fingerprint density at radius 3 is 2.00 bits per heavy atom. The fourth-order valence-corrected chi connectivity index (χ4v) is 4.46. The molecule has 0 aromatic heterocycles. The number of halogens is 1. The summed E-state index contributed by atoms with van der Waals surface area (Å²) in [5.74, 6) is 1.10. The quantitative estimate of drug-likeness (QED) is 0.363. The Labute approximate surface area is 173 Å². The fraction of sp³-hybridized carbons (Fsp3) is 0.259. The van der Waals surface area contributed by atoms with Crippen molar-refractivity contribution in [2.24, 2.45) is 5.92 Å². The van der Waals surface area contributed by atoms with Crippen LogP contribution < -0.4 is 5.73 Å². The molecule has 0 amide bonds. The molecule has 0 unspecified atom stereocenters. The first kappa shape index (κ1) is 19.4. The maximum atomic E-state index is 14.8.